The molecule has 0 aromatic rings. The van der Waals surface area contributed by atoms with E-state index >= 15 is 0 Å². The van der Waals surface area contributed by atoms with Gasteiger partial charge in [-0.25, -0.2) is 0 Å². The van der Waals surface area contributed by atoms with Gasteiger partial charge < -0.3 is 0 Å². The smallest absolute Gasteiger partial charge is 0.0908 e. The molecule has 1 aliphatic heterocycles. The van der Waals surface area contributed by atoms with Crippen LogP contribution in [0, 0.1) is 6.08 Å². The van der Waals surface area contributed by atoms with Crippen LogP contribution < -0.4 is 0 Å². The van der Waals surface area contributed by atoms with Crippen molar-refractivity contribution in [1.29, 1.82) is 0 Å². The molecule has 0 aromatic carbocycles. The number of nitrogens with zero attached hydrogens (tertiary/aromatic N) is 2. The SMILES string of the molecule is [C]1=CC2=CN=NC2=CC1. The zero-order chi connectivity index (χ0) is 6.10. The second kappa shape index (κ2) is 1.65. The molecule has 0 bridgehead atoms. The van der Waals surface area contributed by atoms with E-state index in [0.717, 1.165) is 17.7 Å². The third-order valence-electron chi connectivity index (χ3n) is 1.33. The van der Waals surface area contributed by atoms with Gasteiger partial charge in [-0.1, -0.05) is 6.08 Å². The first-order valence-electron chi connectivity index (χ1n) is 2.85. The summed E-state index contributed by atoms with van der Waals surface area (Å²) < 4.78 is 0. The van der Waals surface area contributed by atoms with Crippen molar-refractivity contribution in [1.82, 2.24) is 0 Å². The number of allylic oxidation sites excluding steroid dienone is 3. The van der Waals surface area contributed by atoms with Crippen molar-refractivity contribution in [2.75, 3.05) is 0 Å². The molecule has 2 heteroatoms. The van der Waals surface area contributed by atoms with Gasteiger partial charge in [0.05, 0.1) is 11.9 Å². The molecule has 1 radical (unpaired) electrons. The first-order valence-corrected chi connectivity index (χ1v) is 2.85. The number of azo groups is 1. The van der Waals surface area contributed by atoms with Crippen LogP contribution in [0.15, 0.2) is 39.9 Å². The Kier molecular flexibility index (Phi) is 0.859. The third kappa shape index (κ3) is 0.633. The summed E-state index contributed by atoms with van der Waals surface area (Å²) in [7, 11) is 0. The summed E-state index contributed by atoms with van der Waals surface area (Å²) in [6.07, 6.45) is 9.62. The summed E-state index contributed by atoms with van der Waals surface area (Å²) in [6.45, 7) is 0. The molecular weight excluding hydrogens is 112 g/mol. The lowest BCUT2D eigenvalue weighted by Gasteiger charge is -1.97. The van der Waals surface area contributed by atoms with Gasteiger partial charge in [-0.15, -0.1) is 0 Å². The molecule has 0 N–H and O–H groups in total. The summed E-state index contributed by atoms with van der Waals surface area (Å²) in [4.78, 5) is 0. The Balaban J connectivity index is 2.46. The van der Waals surface area contributed by atoms with Crippen molar-refractivity contribution >= 4 is 0 Å². The van der Waals surface area contributed by atoms with Crippen molar-refractivity contribution in [3.63, 3.8) is 0 Å². The van der Waals surface area contributed by atoms with E-state index in [1.165, 1.54) is 0 Å². The van der Waals surface area contributed by atoms with Crippen LogP contribution in [-0.4, -0.2) is 0 Å². The summed E-state index contributed by atoms with van der Waals surface area (Å²) in [6, 6.07) is 0. The summed E-state index contributed by atoms with van der Waals surface area (Å²) in [5.74, 6) is 0. The normalized spacial score (nSPS) is 21.3. The first kappa shape index (κ1) is 4.68. The van der Waals surface area contributed by atoms with Gasteiger partial charge in [0.2, 0.25) is 0 Å². The third-order valence-corrected chi connectivity index (χ3v) is 1.33. The van der Waals surface area contributed by atoms with Gasteiger partial charge in [0.25, 0.3) is 0 Å². The molecule has 0 amide bonds. The molecule has 0 aromatic heterocycles. The van der Waals surface area contributed by atoms with Crippen molar-refractivity contribution in [3.05, 3.63) is 35.7 Å². The minimum absolute atomic E-state index is 0.867. The molecule has 2 nitrogen and oxygen atoms in total. The Labute approximate surface area is 53.3 Å². The number of hydrogen-bond acceptors (Lipinski definition) is 2. The highest BCUT2D eigenvalue weighted by Crippen LogP contribution is 2.23. The Morgan fingerprint density at radius 3 is 3.44 bits per heavy atom. The monoisotopic (exact) mass is 117 g/mol. The minimum Gasteiger partial charge on any atom is -0.158 e. The van der Waals surface area contributed by atoms with E-state index in [1.807, 2.05) is 12.2 Å². The standard InChI is InChI=1S/C7H5N2/c1-2-4-7-6(3-1)5-8-9-7/h3-5H,2H2. The Morgan fingerprint density at radius 1 is 1.56 bits per heavy atom. The van der Waals surface area contributed by atoms with Crippen LogP contribution in [0.5, 0.6) is 0 Å². The van der Waals surface area contributed by atoms with Crippen LogP contribution in [0.25, 0.3) is 0 Å². The zero-order valence-electron chi connectivity index (χ0n) is 4.83. The van der Waals surface area contributed by atoms with Gasteiger partial charge >= 0.3 is 0 Å². The Morgan fingerprint density at radius 2 is 2.56 bits per heavy atom. The second-order valence-corrected chi connectivity index (χ2v) is 1.94. The summed E-state index contributed by atoms with van der Waals surface area (Å²) in [5, 5.41) is 7.63. The van der Waals surface area contributed by atoms with E-state index in [0.29, 0.717) is 0 Å². The average molecular weight is 117 g/mol. The minimum atomic E-state index is 0.867. The summed E-state index contributed by atoms with van der Waals surface area (Å²) in [5.41, 5.74) is 2.08. The van der Waals surface area contributed by atoms with Crippen LogP contribution >= 0.6 is 0 Å². The lowest BCUT2D eigenvalue weighted by Crippen LogP contribution is -1.83. The molecule has 1 aliphatic carbocycles. The fourth-order valence-corrected chi connectivity index (χ4v) is 0.872. The van der Waals surface area contributed by atoms with Crippen LogP contribution in [0.3, 0.4) is 0 Å². The largest absolute Gasteiger partial charge is 0.158 e. The number of fused-ring (bicyclic) bond motifs is 1. The van der Waals surface area contributed by atoms with E-state index in [2.05, 4.69) is 16.3 Å². The highest BCUT2D eigenvalue weighted by molar-refractivity contribution is 5.42. The molecule has 9 heavy (non-hydrogen) atoms. The highest BCUT2D eigenvalue weighted by atomic mass is 15.1. The Bertz CT molecular complexity index is 244. The Hall–Kier alpha value is -1.18. The van der Waals surface area contributed by atoms with Crippen LogP contribution in [0.1, 0.15) is 6.42 Å². The van der Waals surface area contributed by atoms with Crippen LogP contribution in [-0.2, 0) is 0 Å². The molecule has 1 heterocycles. The number of hydrogen-bond donors (Lipinski definition) is 0. The predicted molar refractivity (Wildman–Crippen MR) is 33.5 cm³/mol. The molecule has 0 atom stereocenters. The predicted octanol–water partition coefficient (Wildman–Crippen LogP) is 1.98. The molecule has 0 fully saturated rings. The molecule has 0 saturated heterocycles. The maximum atomic E-state index is 3.88. The van der Waals surface area contributed by atoms with Crippen LogP contribution in [0.2, 0.25) is 0 Å². The summed E-state index contributed by atoms with van der Waals surface area (Å²) >= 11 is 0. The molecule has 0 unspecified atom stereocenters. The van der Waals surface area contributed by atoms with Crippen LogP contribution in [0.4, 0.5) is 0 Å². The average Bonchev–Trinajstić information content (AvgIpc) is 2.33. The fourth-order valence-electron chi connectivity index (χ4n) is 0.872. The van der Waals surface area contributed by atoms with E-state index in [9.17, 15) is 0 Å². The number of rotatable bonds is 0. The first-order chi connectivity index (χ1) is 4.47. The van der Waals surface area contributed by atoms with E-state index < -0.39 is 0 Å². The zero-order valence-corrected chi connectivity index (χ0v) is 4.83. The van der Waals surface area contributed by atoms with Crippen molar-refractivity contribution in [2.24, 2.45) is 10.2 Å². The van der Waals surface area contributed by atoms with Gasteiger partial charge in [-0.05, 0) is 18.6 Å². The molecule has 2 rings (SSSR count). The van der Waals surface area contributed by atoms with Crippen molar-refractivity contribution in [3.8, 4) is 0 Å². The van der Waals surface area contributed by atoms with E-state index in [-0.39, 0.29) is 0 Å². The maximum Gasteiger partial charge on any atom is 0.0908 e. The van der Waals surface area contributed by atoms with Gasteiger partial charge in [0.15, 0.2) is 0 Å². The van der Waals surface area contributed by atoms with Gasteiger partial charge in [0, 0.05) is 5.57 Å². The van der Waals surface area contributed by atoms with Crippen molar-refractivity contribution < 1.29 is 0 Å². The lowest BCUT2D eigenvalue weighted by molar-refractivity contribution is 1.16. The topological polar surface area (TPSA) is 24.7 Å². The maximum absolute atomic E-state index is 3.88. The fraction of sp³-hybridized carbons (Fsp3) is 0.143. The molecule has 43 valence electrons. The molecule has 2 aliphatic rings. The molecule has 0 saturated carbocycles. The van der Waals surface area contributed by atoms with E-state index in [4.69, 9.17) is 0 Å². The van der Waals surface area contributed by atoms with Gasteiger partial charge in [0.1, 0.15) is 0 Å². The van der Waals surface area contributed by atoms with Gasteiger partial charge in [-0.3, -0.25) is 0 Å². The van der Waals surface area contributed by atoms with E-state index in [1.54, 1.807) is 6.20 Å². The quantitative estimate of drug-likeness (QED) is 0.463. The molecular formula is C7H5N2. The second-order valence-electron chi connectivity index (χ2n) is 1.94. The highest BCUT2D eigenvalue weighted by Gasteiger charge is 2.07. The van der Waals surface area contributed by atoms with Crippen molar-refractivity contribution in [2.45, 2.75) is 6.42 Å². The lowest BCUT2D eigenvalue weighted by atomic mass is 10.1. The van der Waals surface area contributed by atoms with Gasteiger partial charge in [-0.2, -0.15) is 10.2 Å². The molecule has 0 spiro atoms.